The van der Waals surface area contributed by atoms with Crippen LogP contribution >= 0.6 is 0 Å². The lowest BCUT2D eigenvalue weighted by molar-refractivity contribution is -0.123. The van der Waals surface area contributed by atoms with Crippen LogP contribution in [0, 0.1) is 0 Å². The average molecular weight is 490 g/mol. The summed E-state index contributed by atoms with van der Waals surface area (Å²) in [5.41, 5.74) is 5.53. The zero-order valence-electron chi connectivity index (χ0n) is 20.7. The van der Waals surface area contributed by atoms with E-state index in [2.05, 4.69) is 26.0 Å². The highest BCUT2D eigenvalue weighted by molar-refractivity contribution is 6.10. The van der Waals surface area contributed by atoms with Gasteiger partial charge in [-0.3, -0.25) is 4.79 Å². The number of hydrogen-bond donors (Lipinski definition) is 1. The van der Waals surface area contributed by atoms with Gasteiger partial charge >= 0.3 is 5.97 Å². The highest BCUT2D eigenvalue weighted by Crippen LogP contribution is 2.33. The molecule has 0 fully saturated rings. The fraction of sp³-hybridized carbons (Fsp3) is 0.125. The number of nitrogens with zero attached hydrogens (tertiary/aromatic N) is 1. The van der Waals surface area contributed by atoms with E-state index >= 15 is 0 Å². The molecule has 1 N–H and O–H groups in total. The Labute approximate surface area is 216 Å². The topological polar surface area (TPSA) is 70.8 Å². The Bertz CT molecular complexity index is 1510. The molecule has 5 rings (SSSR count). The second-order valence-corrected chi connectivity index (χ2v) is 9.37. The van der Waals surface area contributed by atoms with E-state index < -0.39 is 5.97 Å². The van der Waals surface area contributed by atoms with Crippen LogP contribution in [0.4, 0.5) is 0 Å². The molecule has 37 heavy (non-hydrogen) atoms. The van der Waals surface area contributed by atoms with Gasteiger partial charge in [0.15, 0.2) is 0 Å². The number of hydrogen-bond acceptors (Lipinski definition) is 3. The highest BCUT2D eigenvalue weighted by Gasteiger charge is 2.29. The molecule has 0 saturated heterocycles. The van der Waals surface area contributed by atoms with Gasteiger partial charge in [0.2, 0.25) is 0 Å². The summed E-state index contributed by atoms with van der Waals surface area (Å²) < 4.78 is 6.11. The predicted molar refractivity (Wildman–Crippen MR) is 145 cm³/mol. The van der Waals surface area contributed by atoms with Gasteiger partial charge in [-0.1, -0.05) is 74.5 Å². The molecule has 1 aromatic heterocycles. The Balaban J connectivity index is 1.46. The lowest BCUT2D eigenvalue weighted by Crippen LogP contribution is -2.25. The van der Waals surface area contributed by atoms with E-state index in [9.17, 15) is 14.7 Å². The van der Waals surface area contributed by atoms with E-state index in [0.717, 1.165) is 28.1 Å². The van der Waals surface area contributed by atoms with Crippen LogP contribution in [0.2, 0.25) is 0 Å². The largest absolute Gasteiger partial charge is 0.478 e. The monoisotopic (exact) mass is 489 g/mol. The molecule has 0 radical (unpaired) electrons. The maximum absolute atomic E-state index is 13.5. The number of amides is 1. The van der Waals surface area contributed by atoms with E-state index in [1.807, 2.05) is 60.7 Å². The standard InChI is InChI=1S/C32H27NO4/c1-21(2)25-9-6-10-26(17-25)30-16-15-28(37-30)18-27-19-29(23-7-4-3-5-8-23)33(31(27)34)20-22-11-13-24(14-12-22)32(35)36/h3-19,21H,20H2,1-2H3,(H,35,36)/b27-18+. The minimum absolute atomic E-state index is 0.138. The molecule has 0 spiro atoms. The number of carboxylic acids is 1. The number of benzene rings is 3. The molecule has 0 bridgehead atoms. The second kappa shape index (κ2) is 10.2. The normalized spacial score (nSPS) is 14.5. The molecule has 1 amide bonds. The van der Waals surface area contributed by atoms with E-state index in [1.54, 1.807) is 35.2 Å². The van der Waals surface area contributed by atoms with Crippen molar-refractivity contribution in [2.75, 3.05) is 0 Å². The Morgan fingerprint density at radius 1 is 0.919 bits per heavy atom. The fourth-order valence-corrected chi connectivity index (χ4v) is 4.39. The first-order chi connectivity index (χ1) is 17.9. The number of rotatable bonds is 7. The third-order valence-corrected chi connectivity index (χ3v) is 6.45. The zero-order chi connectivity index (χ0) is 25.9. The number of carbonyl (C=O) groups excluding carboxylic acids is 1. The molecule has 0 atom stereocenters. The summed E-state index contributed by atoms with van der Waals surface area (Å²) in [6.45, 7) is 4.64. The van der Waals surface area contributed by atoms with Crippen molar-refractivity contribution in [3.8, 4) is 11.3 Å². The summed E-state index contributed by atoms with van der Waals surface area (Å²) in [5.74, 6) is 0.654. The minimum atomic E-state index is -0.979. The summed E-state index contributed by atoms with van der Waals surface area (Å²) in [5, 5.41) is 9.19. The van der Waals surface area contributed by atoms with Crippen molar-refractivity contribution in [3.05, 3.63) is 131 Å². The number of furan rings is 1. The van der Waals surface area contributed by atoms with Crippen molar-refractivity contribution < 1.29 is 19.1 Å². The van der Waals surface area contributed by atoms with E-state index in [4.69, 9.17) is 4.42 Å². The summed E-state index contributed by atoms with van der Waals surface area (Å²) in [6.07, 6.45) is 3.65. The molecule has 1 aliphatic rings. The van der Waals surface area contributed by atoms with Gasteiger partial charge < -0.3 is 14.4 Å². The lowest BCUT2D eigenvalue weighted by atomic mass is 10.0. The molecule has 3 aromatic carbocycles. The molecule has 184 valence electrons. The molecule has 0 unspecified atom stereocenters. The van der Waals surface area contributed by atoms with Gasteiger partial charge in [-0.2, -0.15) is 0 Å². The van der Waals surface area contributed by atoms with Gasteiger partial charge in [0, 0.05) is 11.1 Å². The summed E-state index contributed by atoms with van der Waals surface area (Å²) in [7, 11) is 0. The third kappa shape index (κ3) is 5.16. The Morgan fingerprint density at radius 3 is 2.35 bits per heavy atom. The molecular weight excluding hydrogens is 462 g/mol. The van der Waals surface area contributed by atoms with Crippen LogP contribution in [-0.4, -0.2) is 21.9 Å². The molecule has 5 heteroatoms. The van der Waals surface area contributed by atoms with Crippen molar-refractivity contribution in [1.29, 1.82) is 0 Å². The summed E-state index contributed by atoms with van der Waals surface area (Å²) in [6, 6.07) is 28.4. The van der Waals surface area contributed by atoms with Crippen LogP contribution in [0.5, 0.6) is 0 Å². The first kappa shape index (κ1) is 24.1. The van der Waals surface area contributed by atoms with Crippen LogP contribution < -0.4 is 0 Å². The van der Waals surface area contributed by atoms with Gasteiger partial charge in [0.1, 0.15) is 11.5 Å². The van der Waals surface area contributed by atoms with Crippen molar-refractivity contribution in [2.24, 2.45) is 0 Å². The van der Waals surface area contributed by atoms with Gasteiger partial charge in [0.25, 0.3) is 5.91 Å². The smallest absolute Gasteiger partial charge is 0.335 e. The van der Waals surface area contributed by atoms with Crippen LogP contribution in [0.1, 0.15) is 52.6 Å². The lowest BCUT2D eigenvalue weighted by Gasteiger charge is -2.21. The van der Waals surface area contributed by atoms with Crippen molar-refractivity contribution >= 4 is 23.6 Å². The third-order valence-electron chi connectivity index (χ3n) is 6.45. The van der Waals surface area contributed by atoms with Crippen LogP contribution in [0.15, 0.2) is 107 Å². The molecule has 2 heterocycles. The summed E-state index contributed by atoms with van der Waals surface area (Å²) >= 11 is 0. The Hall–Kier alpha value is -4.64. The first-order valence-electron chi connectivity index (χ1n) is 12.2. The van der Waals surface area contributed by atoms with Gasteiger partial charge in [-0.25, -0.2) is 4.79 Å². The van der Waals surface area contributed by atoms with Crippen LogP contribution in [-0.2, 0) is 11.3 Å². The van der Waals surface area contributed by atoms with Gasteiger partial charge in [0.05, 0.1) is 17.8 Å². The molecule has 4 aromatic rings. The summed E-state index contributed by atoms with van der Waals surface area (Å²) in [4.78, 5) is 26.5. The molecule has 0 aliphatic carbocycles. The van der Waals surface area contributed by atoms with Gasteiger partial charge in [-0.15, -0.1) is 0 Å². The van der Waals surface area contributed by atoms with Crippen molar-refractivity contribution in [1.82, 2.24) is 4.90 Å². The van der Waals surface area contributed by atoms with E-state index in [1.165, 1.54) is 5.56 Å². The predicted octanol–water partition coefficient (Wildman–Crippen LogP) is 7.24. The number of carboxylic acid groups (broad SMARTS) is 1. The number of aromatic carboxylic acids is 1. The van der Waals surface area contributed by atoms with Crippen molar-refractivity contribution in [2.45, 2.75) is 26.3 Å². The molecule has 1 aliphatic heterocycles. The van der Waals surface area contributed by atoms with E-state index in [0.29, 0.717) is 23.8 Å². The average Bonchev–Trinajstić information content (AvgIpc) is 3.50. The maximum Gasteiger partial charge on any atom is 0.335 e. The van der Waals surface area contributed by atoms with Gasteiger partial charge in [-0.05, 0) is 65.1 Å². The molecular formula is C32H27NO4. The second-order valence-electron chi connectivity index (χ2n) is 9.37. The number of carbonyl (C=O) groups is 2. The Kier molecular flexibility index (Phi) is 6.60. The minimum Gasteiger partial charge on any atom is -0.478 e. The SMILES string of the molecule is CC(C)c1cccc(-c2ccc(/C=C3\C=C(c4ccccc4)N(Cc4ccc(C(=O)O)cc4)C3=O)o2)c1. The fourth-order valence-electron chi connectivity index (χ4n) is 4.39. The van der Waals surface area contributed by atoms with Crippen LogP contribution in [0.3, 0.4) is 0 Å². The Morgan fingerprint density at radius 2 is 1.65 bits per heavy atom. The van der Waals surface area contributed by atoms with E-state index in [-0.39, 0.29) is 11.5 Å². The van der Waals surface area contributed by atoms with Crippen LogP contribution in [0.25, 0.3) is 23.1 Å². The molecule has 0 saturated carbocycles. The maximum atomic E-state index is 13.5. The molecule has 5 nitrogen and oxygen atoms in total. The quantitative estimate of drug-likeness (QED) is 0.278. The first-order valence-corrected chi connectivity index (χ1v) is 12.2. The van der Waals surface area contributed by atoms with Crippen molar-refractivity contribution in [3.63, 3.8) is 0 Å². The zero-order valence-corrected chi connectivity index (χ0v) is 20.7. The highest BCUT2D eigenvalue weighted by atomic mass is 16.4.